The van der Waals surface area contributed by atoms with Crippen molar-refractivity contribution >= 4 is 41.7 Å². The van der Waals surface area contributed by atoms with Crippen LogP contribution in [0.25, 0.3) is 11.1 Å². The Balaban J connectivity index is 3.10. The molecule has 2 aromatic carbocycles. The molecule has 0 bridgehead atoms. The summed E-state index contributed by atoms with van der Waals surface area (Å²) < 4.78 is 97.1. The molecule has 0 aliphatic heterocycles. The lowest BCUT2D eigenvalue weighted by atomic mass is 10.0. The molecule has 2 aromatic rings. The van der Waals surface area contributed by atoms with Crippen molar-refractivity contribution in [3.8, 4) is 11.1 Å². The third-order valence-corrected chi connectivity index (χ3v) is 5.95. The SMILES string of the molecule is Nc1ccc(S(=O)(=O)O)c(-c2cc(S(=O)(=O)O)c(N)cc2S(=O)(=O)O)c1. The van der Waals surface area contributed by atoms with Crippen LogP contribution in [0.3, 0.4) is 0 Å². The third kappa shape index (κ3) is 3.95. The lowest BCUT2D eigenvalue weighted by molar-refractivity contribution is 0.478. The molecule has 0 spiro atoms. The number of rotatable bonds is 4. The zero-order valence-corrected chi connectivity index (χ0v) is 15.0. The summed E-state index contributed by atoms with van der Waals surface area (Å²) in [6.07, 6.45) is 0. The van der Waals surface area contributed by atoms with E-state index in [9.17, 15) is 38.9 Å². The molecule has 0 amide bonds. The van der Waals surface area contributed by atoms with Crippen molar-refractivity contribution in [2.75, 3.05) is 11.5 Å². The van der Waals surface area contributed by atoms with Crippen LogP contribution in [0.4, 0.5) is 11.4 Å². The first-order chi connectivity index (χ1) is 11.6. The molecule has 0 radical (unpaired) electrons. The molecule has 2 rings (SSSR count). The molecule has 7 N–H and O–H groups in total. The second kappa shape index (κ2) is 6.19. The van der Waals surface area contributed by atoms with Gasteiger partial charge < -0.3 is 11.5 Å². The molecule has 0 fully saturated rings. The van der Waals surface area contributed by atoms with E-state index >= 15 is 0 Å². The predicted molar refractivity (Wildman–Crippen MR) is 90.1 cm³/mol. The number of nitrogens with two attached hydrogens (primary N) is 2. The van der Waals surface area contributed by atoms with Gasteiger partial charge >= 0.3 is 0 Å². The van der Waals surface area contributed by atoms with Crippen molar-refractivity contribution in [3.05, 3.63) is 30.3 Å². The van der Waals surface area contributed by atoms with Gasteiger partial charge in [0, 0.05) is 16.8 Å². The Labute approximate surface area is 148 Å². The average Bonchev–Trinajstić information content (AvgIpc) is 2.43. The van der Waals surface area contributed by atoms with Crippen LogP contribution < -0.4 is 11.5 Å². The average molecular weight is 424 g/mol. The van der Waals surface area contributed by atoms with Gasteiger partial charge in [-0.1, -0.05) is 0 Å². The van der Waals surface area contributed by atoms with Gasteiger partial charge in [0.2, 0.25) is 0 Å². The normalized spacial score (nSPS) is 12.9. The molecule has 0 atom stereocenters. The fourth-order valence-corrected chi connectivity index (χ4v) is 4.24. The van der Waals surface area contributed by atoms with E-state index in [1.165, 1.54) is 0 Å². The van der Waals surface area contributed by atoms with E-state index in [1.54, 1.807) is 0 Å². The Morgan fingerprint density at radius 2 is 1.08 bits per heavy atom. The van der Waals surface area contributed by atoms with Gasteiger partial charge in [0.05, 0.1) is 5.69 Å². The number of hydrogen-bond acceptors (Lipinski definition) is 8. The van der Waals surface area contributed by atoms with E-state index in [4.69, 9.17) is 11.5 Å². The van der Waals surface area contributed by atoms with Crippen molar-refractivity contribution < 1.29 is 38.9 Å². The molecular weight excluding hydrogens is 412 g/mol. The topological polar surface area (TPSA) is 215 Å². The fourth-order valence-electron chi connectivity index (χ4n) is 2.21. The van der Waals surface area contributed by atoms with Crippen LogP contribution in [0, 0.1) is 0 Å². The van der Waals surface area contributed by atoms with Crippen LogP contribution in [-0.4, -0.2) is 38.9 Å². The van der Waals surface area contributed by atoms with E-state index in [0.717, 1.165) is 18.2 Å². The van der Waals surface area contributed by atoms with Gasteiger partial charge in [0.15, 0.2) is 0 Å². The summed E-state index contributed by atoms with van der Waals surface area (Å²) in [6, 6.07) is 3.91. The first-order valence-corrected chi connectivity index (χ1v) is 10.7. The minimum Gasteiger partial charge on any atom is -0.399 e. The lowest BCUT2D eigenvalue weighted by Gasteiger charge is -2.14. The number of benzene rings is 2. The van der Waals surface area contributed by atoms with Crippen molar-refractivity contribution in [1.82, 2.24) is 0 Å². The predicted octanol–water partition coefficient (Wildman–Crippen LogP) is 0.258. The molecule has 14 heteroatoms. The van der Waals surface area contributed by atoms with Crippen LogP contribution >= 0.6 is 0 Å². The summed E-state index contributed by atoms with van der Waals surface area (Å²) >= 11 is 0. The highest BCUT2D eigenvalue weighted by Crippen LogP contribution is 2.37. The first-order valence-electron chi connectivity index (χ1n) is 6.38. The zero-order chi connectivity index (χ0) is 20.1. The molecule has 26 heavy (non-hydrogen) atoms. The highest BCUT2D eigenvalue weighted by molar-refractivity contribution is 7.86. The van der Waals surface area contributed by atoms with Gasteiger partial charge in [-0.3, -0.25) is 13.7 Å². The van der Waals surface area contributed by atoms with E-state index < -0.39 is 61.9 Å². The van der Waals surface area contributed by atoms with Gasteiger partial charge in [-0.15, -0.1) is 0 Å². The van der Waals surface area contributed by atoms with Gasteiger partial charge in [-0.2, -0.15) is 25.3 Å². The Hall–Kier alpha value is -2.23. The first kappa shape index (κ1) is 20.1. The molecule has 0 saturated heterocycles. The van der Waals surface area contributed by atoms with Crippen molar-refractivity contribution in [3.63, 3.8) is 0 Å². The van der Waals surface area contributed by atoms with Gasteiger partial charge in [-0.25, -0.2) is 0 Å². The minimum absolute atomic E-state index is 0.0704. The Bertz CT molecular complexity index is 1220. The maximum Gasteiger partial charge on any atom is 0.296 e. The molecule has 0 unspecified atom stereocenters. The van der Waals surface area contributed by atoms with E-state index in [0.29, 0.717) is 12.1 Å². The van der Waals surface area contributed by atoms with Crippen LogP contribution in [0.5, 0.6) is 0 Å². The maximum atomic E-state index is 11.6. The van der Waals surface area contributed by atoms with Crippen molar-refractivity contribution in [2.24, 2.45) is 0 Å². The highest BCUT2D eigenvalue weighted by atomic mass is 32.2. The van der Waals surface area contributed by atoms with Crippen molar-refractivity contribution in [2.45, 2.75) is 14.7 Å². The van der Waals surface area contributed by atoms with Crippen LogP contribution in [0.1, 0.15) is 0 Å². The Kier molecular flexibility index (Phi) is 4.78. The van der Waals surface area contributed by atoms with E-state index in [-0.39, 0.29) is 5.69 Å². The quantitative estimate of drug-likeness (QED) is 0.331. The maximum absolute atomic E-state index is 11.6. The number of hydrogen-bond donors (Lipinski definition) is 5. The standard InChI is InChI=1S/C12H12N2O9S3/c13-6-1-2-10(24(15,16)17)7(3-6)8-4-12(26(21,22)23)9(14)5-11(8)25(18,19)20/h1-5H,13-14H2,(H,15,16,17)(H,18,19,20)(H,21,22,23). The molecule has 11 nitrogen and oxygen atoms in total. The fraction of sp³-hybridized carbons (Fsp3) is 0. The number of anilines is 2. The molecule has 0 aliphatic rings. The summed E-state index contributed by atoms with van der Waals surface area (Å²) in [5.74, 6) is 0. The van der Waals surface area contributed by atoms with Crippen LogP contribution in [0.15, 0.2) is 45.0 Å². The van der Waals surface area contributed by atoms with Crippen LogP contribution in [0.2, 0.25) is 0 Å². The zero-order valence-electron chi connectivity index (χ0n) is 12.6. The van der Waals surface area contributed by atoms with E-state index in [1.807, 2.05) is 0 Å². The Morgan fingerprint density at radius 3 is 1.54 bits per heavy atom. The molecule has 0 aromatic heterocycles. The van der Waals surface area contributed by atoms with Gasteiger partial charge in [0.25, 0.3) is 30.4 Å². The van der Waals surface area contributed by atoms with E-state index in [2.05, 4.69) is 0 Å². The second-order valence-corrected chi connectivity index (χ2v) is 9.24. The minimum atomic E-state index is -5.02. The molecule has 0 aliphatic carbocycles. The number of nitrogen functional groups attached to an aromatic ring is 2. The molecule has 142 valence electrons. The summed E-state index contributed by atoms with van der Waals surface area (Å²) in [7, 11) is -14.8. The largest absolute Gasteiger partial charge is 0.399 e. The second-order valence-electron chi connectivity index (χ2n) is 5.07. The molecular formula is C12H12N2O9S3. The molecule has 0 saturated carbocycles. The van der Waals surface area contributed by atoms with Crippen LogP contribution in [-0.2, 0) is 30.4 Å². The third-order valence-electron chi connectivity index (χ3n) is 3.24. The summed E-state index contributed by atoms with van der Waals surface area (Å²) in [4.78, 5) is -2.72. The summed E-state index contributed by atoms with van der Waals surface area (Å²) in [5, 5.41) is 0. The smallest absolute Gasteiger partial charge is 0.296 e. The van der Waals surface area contributed by atoms with Gasteiger partial charge in [0.1, 0.15) is 14.7 Å². The van der Waals surface area contributed by atoms with Crippen molar-refractivity contribution in [1.29, 1.82) is 0 Å². The Morgan fingerprint density at radius 1 is 0.615 bits per heavy atom. The summed E-state index contributed by atoms with van der Waals surface area (Å²) in [5.41, 5.74) is 8.94. The highest BCUT2D eigenvalue weighted by Gasteiger charge is 2.27. The molecule has 0 heterocycles. The van der Waals surface area contributed by atoms with Gasteiger partial charge in [-0.05, 0) is 30.3 Å². The summed E-state index contributed by atoms with van der Waals surface area (Å²) in [6.45, 7) is 0. The lowest BCUT2D eigenvalue weighted by Crippen LogP contribution is -2.10. The monoisotopic (exact) mass is 424 g/mol.